The molecule has 0 radical (unpaired) electrons. The number of aromatic nitrogens is 4. The third kappa shape index (κ3) is 2.87. The van der Waals surface area contributed by atoms with Gasteiger partial charge in [-0.3, -0.25) is 4.90 Å². The average Bonchev–Trinajstić information content (AvgIpc) is 3.16. The molecule has 0 N–H and O–H groups in total. The van der Waals surface area contributed by atoms with Crippen molar-refractivity contribution in [3.05, 3.63) is 57.2 Å². The Kier molecular flexibility index (Phi) is 3.84. The second-order valence-corrected chi connectivity index (χ2v) is 6.90. The second kappa shape index (κ2) is 5.99. The molecule has 23 heavy (non-hydrogen) atoms. The summed E-state index contributed by atoms with van der Waals surface area (Å²) in [6, 6.07) is 8.44. The number of nitrogens with zero attached hydrogens (tertiary/aromatic N) is 5. The van der Waals surface area contributed by atoms with Crippen molar-refractivity contribution in [2.75, 3.05) is 0 Å². The lowest BCUT2D eigenvalue weighted by atomic mass is 9.94. The minimum Gasteiger partial charge on any atom is -0.424 e. The van der Waals surface area contributed by atoms with Crippen LogP contribution in [0.2, 0.25) is 4.34 Å². The van der Waals surface area contributed by atoms with Crippen molar-refractivity contribution >= 4 is 23.1 Å². The van der Waals surface area contributed by atoms with E-state index >= 15 is 0 Å². The van der Waals surface area contributed by atoms with E-state index in [1.54, 1.807) is 6.92 Å². The highest BCUT2D eigenvalue weighted by molar-refractivity contribution is 7.10. The molecule has 1 aliphatic rings. The van der Waals surface area contributed by atoms with Gasteiger partial charge in [-0.2, -0.15) is 0 Å². The van der Waals surface area contributed by atoms with Crippen LogP contribution in [0.4, 0.5) is 0 Å². The lowest BCUT2D eigenvalue weighted by Gasteiger charge is -2.34. The zero-order valence-electron chi connectivity index (χ0n) is 12.4. The van der Waals surface area contributed by atoms with E-state index < -0.39 is 0 Å². The number of hydrogen-bond acceptors (Lipinski definition) is 7. The molecule has 1 aliphatic heterocycles. The molecule has 8 heteroatoms. The maximum Gasteiger partial charge on any atom is 0.233 e. The number of aryl methyl sites for hydroxylation is 1. The van der Waals surface area contributed by atoms with Gasteiger partial charge in [0.2, 0.25) is 11.8 Å². The van der Waals surface area contributed by atoms with Gasteiger partial charge in [0.1, 0.15) is 10.0 Å². The van der Waals surface area contributed by atoms with Gasteiger partial charge < -0.3 is 4.42 Å². The smallest absolute Gasteiger partial charge is 0.233 e. The Labute approximate surface area is 142 Å². The first-order valence-corrected chi connectivity index (χ1v) is 8.43. The highest BCUT2D eigenvalue weighted by atomic mass is 35.5. The van der Waals surface area contributed by atoms with Crippen molar-refractivity contribution < 1.29 is 4.42 Å². The van der Waals surface area contributed by atoms with Gasteiger partial charge in [-0.1, -0.05) is 40.4 Å². The van der Waals surface area contributed by atoms with Crippen molar-refractivity contribution in [2.45, 2.75) is 32.5 Å². The standard InChI is InChI=1S/C15H14ClN5OS/c1-9-17-19-15(22-9)13-6-10-4-2-3-5-11(10)7-21(13)8-12-14(16)23-20-18-12/h2-5,13H,6-8H2,1H3/t13-/m0/s1. The van der Waals surface area contributed by atoms with Gasteiger partial charge in [0.15, 0.2) is 0 Å². The Morgan fingerprint density at radius 3 is 2.78 bits per heavy atom. The van der Waals surface area contributed by atoms with Gasteiger partial charge in [0.05, 0.1) is 6.04 Å². The SMILES string of the molecule is Cc1nnc([C@@H]2Cc3ccccc3CN2Cc2nnsc2Cl)o1. The lowest BCUT2D eigenvalue weighted by Crippen LogP contribution is -2.34. The first-order chi connectivity index (χ1) is 11.2. The molecule has 0 unspecified atom stereocenters. The van der Waals surface area contributed by atoms with Crippen LogP contribution >= 0.6 is 23.1 Å². The number of halogens is 1. The van der Waals surface area contributed by atoms with E-state index in [1.165, 1.54) is 22.7 Å². The molecule has 3 aromatic rings. The van der Waals surface area contributed by atoms with Gasteiger partial charge in [-0.05, 0) is 17.5 Å². The molecule has 0 saturated heterocycles. The molecule has 0 fully saturated rings. The minimum absolute atomic E-state index is 0.0175. The minimum atomic E-state index is 0.0175. The normalized spacial score (nSPS) is 18.1. The Bertz CT molecular complexity index is 833. The summed E-state index contributed by atoms with van der Waals surface area (Å²) in [6.07, 6.45) is 0.826. The van der Waals surface area contributed by atoms with E-state index in [9.17, 15) is 0 Å². The highest BCUT2D eigenvalue weighted by Crippen LogP contribution is 2.34. The van der Waals surface area contributed by atoms with E-state index in [-0.39, 0.29) is 6.04 Å². The van der Waals surface area contributed by atoms with Gasteiger partial charge in [-0.25, -0.2) is 0 Å². The summed E-state index contributed by atoms with van der Waals surface area (Å²) in [6.45, 7) is 3.20. The van der Waals surface area contributed by atoms with Crippen LogP contribution in [0, 0.1) is 6.92 Å². The topological polar surface area (TPSA) is 67.9 Å². The second-order valence-electron chi connectivity index (χ2n) is 5.55. The summed E-state index contributed by atoms with van der Waals surface area (Å²) in [5.74, 6) is 1.21. The molecule has 1 aromatic carbocycles. The fourth-order valence-corrected chi connectivity index (χ4v) is 3.53. The summed E-state index contributed by atoms with van der Waals surface area (Å²) in [7, 11) is 0. The molecule has 0 saturated carbocycles. The molecule has 0 amide bonds. The Morgan fingerprint density at radius 1 is 1.26 bits per heavy atom. The Hall–Kier alpha value is -1.83. The van der Waals surface area contributed by atoms with Crippen molar-refractivity contribution in [1.29, 1.82) is 0 Å². The quantitative estimate of drug-likeness (QED) is 0.724. The van der Waals surface area contributed by atoms with Crippen molar-refractivity contribution in [3.8, 4) is 0 Å². The fourth-order valence-electron chi connectivity index (χ4n) is 2.92. The third-order valence-corrected chi connectivity index (χ3v) is 5.02. The highest BCUT2D eigenvalue weighted by Gasteiger charge is 2.32. The summed E-state index contributed by atoms with van der Waals surface area (Å²) in [4.78, 5) is 2.26. The van der Waals surface area contributed by atoms with Crippen molar-refractivity contribution in [3.63, 3.8) is 0 Å². The molecular formula is C15H14ClN5OS. The van der Waals surface area contributed by atoms with E-state index in [1.807, 2.05) is 0 Å². The van der Waals surface area contributed by atoms with E-state index in [2.05, 4.69) is 48.9 Å². The average molecular weight is 348 g/mol. The number of rotatable bonds is 3. The van der Waals surface area contributed by atoms with Crippen molar-refractivity contribution in [1.82, 2.24) is 24.7 Å². The van der Waals surface area contributed by atoms with Gasteiger partial charge >= 0.3 is 0 Å². The molecule has 6 nitrogen and oxygen atoms in total. The summed E-state index contributed by atoms with van der Waals surface area (Å²) in [5.41, 5.74) is 3.41. The predicted molar refractivity (Wildman–Crippen MR) is 86.1 cm³/mol. The van der Waals surface area contributed by atoms with Crippen LogP contribution in [0.25, 0.3) is 0 Å². The number of fused-ring (bicyclic) bond motifs is 1. The first-order valence-electron chi connectivity index (χ1n) is 7.28. The van der Waals surface area contributed by atoms with E-state index in [0.717, 1.165) is 18.7 Å². The molecular weight excluding hydrogens is 334 g/mol. The maximum atomic E-state index is 6.17. The van der Waals surface area contributed by atoms with Crippen LogP contribution in [0.15, 0.2) is 28.7 Å². The lowest BCUT2D eigenvalue weighted by molar-refractivity contribution is 0.135. The number of benzene rings is 1. The van der Waals surface area contributed by atoms with Crippen LogP contribution in [0.3, 0.4) is 0 Å². The van der Waals surface area contributed by atoms with Gasteiger partial charge in [0, 0.05) is 31.5 Å². The molecule has 118 valence electrons. The number of hydrogen-bond donors (Lipinski definition) is 0. The largest absolute Gasteiger partial charge is 0.424 e. The Morgan fingerprint density at radius 2 is 2.09 bits per heavy atom. The van der Waals surface area contributed by atoms with Gasteiger partial charge in [-0.15, -0.1) is 15.3 Å². The maximum absolute atomic E-state index is 6.17. The monoisotopic (exact) mass is 347 g/mol. The molecule has 4 rings (SSSR count). The fraction of sp³-hybridized carbons (Fsp3) is 0.333. The molecule has 0 aliphatic carbocycles. The third-order valence-electron chi connectivity index (χ3n) is 4.03. The van der Waals surface area contributed by atoms with E-state index in [4.69, 9.17) is 16.0 Å². The van der Waals surface area contributed by atoms with Crippen LogP contribution in [0.5, 0.6) is 0 Å². The summed E-state index contributed by atoms with van der Waals surface area (Å²) in [5, 5.41) is 12.3. The van der Waals surface area contributed by atoms with Crippen LogP contribution in [0.1, 0.15) is 34.6 Å². The molecule has 2 aromatic heterocycles. The van der Waals surface area contributed by atoms with Crippen LogP contribution in [-0.2, 0) is 19.5 Å². The summed E-state index contributed by atoms with van der Waals surface area (Å²) < 4.78 is 10.2. The van der Waals surface area contributed by atoms with Crippen molar-refractivity contribution in [2.24, 2.45) is 0 Å². The van der Waals surface area contributed by atoms with E-state index in [0.29, 0.717) is 22.7 Å². The summed E-state index contributed by atoms with van der Waals surface area (Å²) >= 11 is 7.38. The van der Waals surface area contributed by atoms with Crippen LogP contribution in [-0.4, -0.2) is 24.7 Å². The van der Waals surface area contributed by atoms with Gasteiger partial charge in [0.25, 0.3) is 0 Å². The zero-order valence-corrected chi connectivity index (χ0v) is 14.0. The molecule has 0 bridgehead atoms. The molecule has 3 heterocycles. The first kappa shape index (κ1) is 14.7. The van der Waals surface area contributed by atoms with Crippen LogP contribution < -0.4 is 0 Å². The molecule has 0 spiro atoms. The Balaban J connectivity index is 1.69. The zero-order chi connectivity index (χ0) is 15.8. The molecule has 1 atom stereocenters. The predicted octanol–water partition coefficient (Wildman–Crippen LogP) is 3.18.